The Hall–Kier alpha value is -1.98. The molecule has 5 heteroatoms. The van der Waals surface area contributed by atoms with Crippen molar-refractivity contribution in [1.29, 1.82) is 0 Å². The number of fused-ring (bicyclic) bond motifs is 1. The number of piperidine rings is 1. The number of benzene rings is 2. The van der Waals surface area contributed by atoms with Crippen molar-refractivity contribution < 1.29 is 14.0 Å². The van der Waals surface area contributed by atoms with E-state index in [1.54, 1.807) is 0 Å². The molecule has 150 valence electrons. The summed E-state index contributed by atoms with van der Waals surface area (Å²) in [6, 6.07) is 13.4. The molecule has 2 aromatic rings. The summed E-state index contributed by atoms with van der Waals surface area (Å²) in [5.41, 5.74) is 0.712. The third-order valence-corrected chi connectivity index (χ3v) is 10.7. The average Bonchev–Trinajstić information content (AvgIpc) is 2.62. The zero-order valence-electron chi connectivity index (χ0n) is 17.5. The maximum atomic E-state index is 13.1. The summed E-state index contributed by atoms with van der Waals surface area (Å²) in [5.74, 6) is 0.0543. The second-order valence-electron chi connectivity index (χ2n) is 9.28. The molecule has 2 aromatic carbocycles. The summed E-state index contributed by atoms with van der Waals surface area (Å²) in [7, 11) is -1.99. The molecule has 0 bridgehead atoms. The van der Waals surface area contributed by atoms with Crippen LogP contribution < -0.4 is 5.32 Å². The van der Waals surface area contributed by atoms with Crippen LogP contribution in [-0.4, -0.2) is 32.2 Å². The molecule has 1 saturated heterocycles. The SMILES string of the molecule is CC(C)(C)[Si](C)(C)O[C@@H]1CCC(=O)N[C@H]1CC(=O)c1cccc2ccccc12. The summed E-state index contributed by atoms with van der Waals surface area (Å²) in [5, 5.41) is 5.12. The first-order valence-electron chi connectivity index (χ1n) is 10.1. The van der Waals surface area contributed by atoms with Crippen molar-refractivity contribution in [2.45, 2.75) is 70.3 Å². The van der Waals surface area contributed by atoms with E-state index in [4.69, 9.17) is 4.43 Å². The highest BCUT2D eigenvalue weighted by molar-refractivity contribution is 6.74. The van der Waals surface area contributed by atoms with Gasteiger partial charge in [-0.25, -0.2) is 0 Å². The van der Waals surface area contributed by atoms with Gasteiger partial charge >= 0.3 is 0 Å². The van der Waals surface area contributed by atoms with Crippen LogP contribution >= 0.6 is 0 Å². The fraction of sp³-hybridized carbons (Fsp3) is 0.478. The van der Waals surface area contributed by atoms with E-state index in [1.165, 1.54) is 0 Å². The molecule has 0 spiro atoms. The maximum Gasteiger partial charge on any atom is 0.220 e. The van der Waals surface area contributed by atoms with Crippen molar-refractivity contribution in [1.82, 2.24) is 5.32 Å². The fourth-order valence-corrected chi connectivity index (χ4v) is 4.90. The van der Waals surface area contributed by atoms with Gasteiger partial charge in [0.1, 0.15) is 0 Å². The highest BCUT2D eigenvalue weighted by Crippen LogP contribution is 2.38. The second kappa shape index (κ2) is 7.80. The molecule has 0 aromatic heterocycles. The largest absolute Gasteiger partial charge is 0.412 e. The van der Waals surface area contributed by atoms with Gasteiger partial charge in [-0.15, -0.1) is 0 Å². The van der Waals surface area contributed by atoms with Crippen molar-refractivity contribution >= 4 is 30.8 Å². The number of ketones is 1. The summed E-state index contributed by atoms with van der Waals surface area (Å²) < 4.78 is 6.60. The normalized spacial score (nSPS) is 20.8. The fourth-order valence-electron chi connectivity index (χ4n) is 3.50. The predicted octanol–water partition coefficient (Wildman–Crippen LogP) is 5.08. The van der Waals surface area contributed by atoms with Crippen LogP contribution in [-0.2, 0) is 9.22 Å². The zero-order valence-corrected chi connectivity index (χ0v) is 18.5. The Labute approximate surface area is 168 Å². The predicted molar refractivity (Wildman–Crippen MR) is 116 cm³/mol. The van der Waals surface area contributed by atoms with Crippen molar-refractivity contribution in [3.8, 4) is 0 Å². The van der Waals surface area contributed by atoms with E-state index in [0.29, 0.717) is 18.4 Å². The van der Waals surface area contributed by atoms with E-state index in [9.17, 15) is 9.59 Å². The molecule has 1 N–H and O–H groups in total. The Morgan fingerprint density at radius 2 is 1.82 bits per heavy atom. The van der Waals surface area contributed by atoms with Crippen LogP contribution in [0.25, 0.3) is 10.8 Å². The number of Topliss-reactive ketones (excluding diaryl/α,β-unsaturated/α-hetero) is 1. The molecule has 1 amide bonds. The summed E-state index contributed by atoms with van der Waals surface area (Å²) in [4.78, 5) is 25.2. The quantitative estimate of drug-likeness (QED) is 0.565. The first kappa shape index (κ1) is 20.7. The summed E-state index contributed by atoms with van der Waals surface area (Å²) in [6.45, 7) is 11.0. The minimum absolute atomic E-state index is 0.00537. The van der Waals surface area contributed by atoms with Crippen LogP contribution in [0.2, 0.25) is 18.1 Å². The van der Waals surface area contributed by atoms with Crippen LogP contribution in [0.1, 0.15) is 50.4 Å². The molecule has 0 saturated carbocycles. The van der Waals surface area contributed by atoms with Crippen LogP contribution in [0.4, 0.5) is 0 Å². The number of hydrogen-bond acceptors (Lipinski definition) is 3. The number of amides is 1. The second-order valence-corrected chi connectivity index (χ2v) is 14.0. The Morgan fingerprint density at radius 1 is 1.14 bits per heavy atom. The van der Waals surface area contributed by atoms with Gasteiger partial charge in [0.2, 0.25) is 5.91 Å². The lowest BCUT2D eigenvalue weighted by Crippen LogP contribution is -2.55. The van der Waals surface area contributed by atoms with E-state index in [1.807, 2.05) is 42.5 Å². The molecule has 1 aliphatic heterocycles. The van der Waals surface area contributed by atoms with E-state index in [0.717, 1.165) is 10.8 Å². The van der Waals surface area contributed by atoms with Gasteiger partial charge in [-0.3, -0.25) is 9.59 Å². The molecule has 2 atom stereocenters. The molecular formula is C23H31NO3Si. The van der Waals surface area contributed by atoms with Crippen molar-refractivity contribution in [3.05, 3.63) is 48.0 Å². The number of rotatable bonds is 5. The molecular weight excluding hydrogens is 366 g/mol. The lowest BCUT2D eigenvalue weighted by molar-refractivity contribution is -0.125. The number of nitrogens with one attached hydrogen (secondary N) is 1. The van der Waals surface area contributed by atoms with Gasteiger partial charge in [-0.2, -0.15) is 0 Å². The van der Waals surface area contributed by atoms with Gasteiger partial charge in [0.15, 0.2) is 14.1 Å². The highest BCUT2D eigenvalue weighted by Gasteiger charge is 2.42. The lowest BCUT2D eigenvalue weighted by Gasteiger charge is -2.43. The third-order valence-electron chi connectivity index (χ3n) is 6.20. The van der Waals surface area contributed by atoms with Gasteiger partial charge in [-0.05, 0) is 35.3 Å². The Balaban J connectivity index is 1.83. The highest BCUT2D eigenvalue weighted by atomic mass is 28.4. The molecule has 1 aliphatic rings. The van der Waals surface area contributed by atoms with Crippen molar-refractivity contribution in [2.75, 3.05) is 0 Å². The Bertz CT molecular complexity index is 880. The average molecular weight is 398 g/mol. The molecule has 3 rings (SSSR count). The molecule has 0 unspecified atom stereocenters. The number of carbonyl (C=O) groups excluding carboxylic acids is 2. The van der Waals surface area contributed by atoms with Crippen molar-refractivity contribution in [3.63, 3.8) is 0 Å². The number of carbonyl (C=O) groups is 2. The van der Waals surface area contributed by atoms with Crippen molar-refractivity contribution in [2.24, 2.45) is 0 Å². The summed E-state index contributed by atoms with van der Waals surface area (Å²) >= 11 is 0. The monoisotopic (exact) mass is 397 g/mol. The molecule has 1 heterocycles. The molecule has 0 radical (unpaired) electrons. The maximum absolute atomic E-state index is 13.1. The van der Waals surface area contributed by atoms with E-state index in [-0.39, 0.29) is 35.3 Å². The van der Waals surface area contributed by atoms with Gasteiger partial charge in [0.25, 0.3) is 0 Å². The smallest absolute Gasteiger partial charge is 0.220 e. The van der Waals surface area contributed by atoms with Gasteiger partial charge < -0.3 is 9.74 Å². The first-order chi connectivity index (χ1) is 13.1. The van der Waals surface area contributed by atoms with Crippen LogP contribution in [0, 0.1) is 0 Å². The Kier molecular flexibility index (Phi) is 5.78. The van der Waals surface area contributed by atoms with Gasteiger partial charge in [0, 0.05) is 18.4 Å². The minimum Gasteiger partial charge on any atom is -0.412 e. The van der Waals surface area contributed by atoms with Gasteiger partial charge in [0.05, 0.1) is 12.1 Å². The molecule has 4 nitrogen and oxygen atoms in total. The standard InChI is InChI=1S/C23H31NO3Si/c1-23(2,3)28(4,5)27-21-13-14-22(26)24-19(21)15-20(25)18-12-8-10-16-9-6-7-11-17(16)18/h6-12,19,21H,13-15H2,1-5H3,(H,24,26)/t19-,21+/m0/s1. The molecule has 0 aliphatic carbocycles. The zero-order chi connectivity index (χ0) is 20.5. The van der Waals surface area contributed by atoms with Gasteiger partial charge in [-0.1, -0.05) is 63.2 Å². The summed E-state index contributed by atoms with van der Waals surface area (Å²) in [6.07, 6.45) is 1.28. The number of hydrogen-bond donors (Lipinski definition) is 1. The molecule has 1 fully saturated rings. The lowest BCUT2D eigenvalue weighted by atomic mass is 9.92. The van der Waals surface area contributed by atoms with Crippen LogP contribution in [0.5, 0.6) is 0 Å². The first-order valence-corrected chi connectivity index (χ1v) is 13.0. The van der Waals surface area contributed by atoms with E-state index in [2.05, 4.69) is 39.2 Å². The third kappa shape index (κ3) is 4.36. The Morgan fingerprint density at radius 3 is 2.54 bits per heavy atom. The minimum atomic E-state index is -1.99. The topological polar surface area (TPSA) is 55.4 Å². The van der Waals surface area contributed by atoms with Crippen LogP contribution in [0.15, 0.2) is 42.5 Å². The van der Waals surface area contributed by atoms with E-state index < -0.39 is 8.32 Å². The molecule has 28 heavy (non-hydrogen) atoms. The van der Waals surface area contributed by atoms with Crippen LogP contribution in [0.3, 0.4) is 0 Å². The van der Waals surface area contributed by atoms with E-state index >= 15 is 0 Å².